The van der Waals surface area contributed by atoms with Gasteiger partial charge in [0.05, 0.1) is 12.0 Å². The van der Waals surface area contributed by atoms with Crippen molar-refractivity contribution in [2.24, 2.45) is 0 Å². The van der Waals surface area contributed by atoms with Crippen LogP contribution in [0.2, 0.25) is 0 Å². The summed E-state index contributed by atoms with van der Waals surface area (Å²) in [5.74, 6) is 0.149. The summed E-state index contributed by atoms with van der Waals surface area (Å²) < 4.78 is 4.53. The smallest absolute Gasteiger partial charge is 0.330 e. The van der Waals surface area contributed by atoms with Gasteiger partial charge in [-0.25, -0.2) is 14.8 Å². The van der Waals surface area contributed by atoms with Gasteiger partial charge in [-0.2, -0.15) is 0 Å². The maximum atomic E-state index is 11.5. The highest BCUT2D eigenvalue weighted by Crippen LogP contribution is 2.30. The minimum absolute atomic E-state index is 0.00595. The van der Waals surface area contributed by atoms with E-state index in [1.165, 1.54) is 25.3 Å². The van der Waals surface area contributed by atoms with Gasteiger partial charge in [0.1, 0.15) is 5.69 Å². The number of esters is 1. The van der Waals surface area contributed by atoms with E-state index in [0.717, 1.165) is 0 Å². The van der Waals surface area contributed by atoms with Crippen LogP contribution in [0.15, 0.2) is 42.7 Å². The molecule has 1 aliphatic rings. The molecule has 1 aliphatic heterocycles. The van der Waals surface area contributed by atoms with Crippen molar-refractivity contribution in [3.63, 3.8) is 0 Å². The molecule has 1 aromatic heterocycles. The van der Waals surface area contributed by atoms with Crippen molar-refractivity contribution in [1.29, 1.82) is 0 Å². The summed E-state index contributed by atoms with van der Waals surface area (Å²) in [6.07, 6.45) is 6.12. The number of carbonyl (C=O) groups excluding carboxylic acids is 1. The first kappa shape index (κ1) is 18.3. The number of piperazine rings is 1. The molecule has 0 N–H and O–H groups in total. The number of ether oxygens (including phenoxy) is 1. The zero-order valence-corrected chi connectivity index (χ0v) is 14.8. The molecular formula is C18H19N5O4. The predicted octanol–water partition coefficient (Wildman–Crippen LogP) is 1.90. The molecule has 0 radical (unpaired) electrons. The third-order valence-corrected chi connectivity index (χ3v) is 4.26. The van der Waals surface area contributed by atoms with E-state index in [4.69, 9.17) is 0 Å². The van der Waals surface area contributed by atoms with E-state index in [1.54, 1.807) is 30.6 Å². The first-order valence-corrected chi connectivity index (χ1v) is 8.40. The van der Waals surface area contributed by atoms with Gasteiger partial charge in [-0.15, -0.1) is 0 Å². The molecule has 0 atom stereocenters. The second-order valence-electron chi connectivity index (χ2n) is 5.88. The lowest BCUT2D eigenvalue weighted by molar-refractivity contribution is -0.384. The quantitative estimate of drug-likeness (QED) is 0.341. The number of hydrogen-bond acceptors (Lipinski definition) is 8. The molecule has 1 aromatic carbocycles. The van der Waals surface area contributed by atoms with E-state index in [9.17, 15) is 14.9 Å². The molecule has 2 aromatic rings. The fourth-order valence-corrected chi connectivity index (χ4v) is 2.89. The van der Waals surface area contributed by atoms with Gasteiger partial charge >= 0.3 is 5.97 Å². The lowest BCUT2D eigenvalue weighted by Crippen LogP contribution is -2.47. The lowest BCUT2D eigenvalue weighted by atomic mass is 10.1. The Morgan fingerprint density at radius 3 is 2.48 bits per heavy atom. The Labute approximate surface area is 156 Å². The minimum atomic E-state index is -0.513. The van der Waals surface area contributed by atoms with E-state index in [1.807, 2.05) is 4.90 Å². The fourth-order valence-electron chi connectivity index (χ4n) is 2.89. The molecule has 0 amide bonds. The average Bonchev–Trinajstić information content (AvgIpc) is 2.72. The Balaban J connectivity index is 1.75. The van der Waals surface area contributed by atoms with Crippen LogP contribution in [0.3, 0.4) is 0 Å². The first-order chi connectivity index (χ1) is 13.1. The number of hydrogen-bond donors (Lipinski definition) is 0. The second kappa shape index (κ2) is 8.26. The normalized spacial score (nSPS) is 14.4. The van der Waals surface area contributed by atoms with Crippen molar-refractivity contribution in [3.8, 4) is 0 Å². The molecule has 9 nitrogen and oxygen atoms in total. The van der Waals surface area contributed by atoms with Gasteiger partial charge in [0.25, 0.3) is 5.69 Å². The molecule has 0 spiro atoms. The molecule has 2 heterocycles. The standard InChI is InChI=1S/C18H19N5O4/c1-27-17(24)6-4-14-3-5-15(16(13-14)23(25)26)21-9-11-22(12-10-21)18-19-7-2-8-20-18/h2-8,13H,9-12H2,1H3/b6-4+. The molecule has 0 unspecified atom stereocenters. The summed E-state index contributed by atoms with van der Waals surface area (Å²) in [5, 5.41) is 11.5. The summed E-state index contributed by atoms with van der Waals surface area (Å²) in [7, 11) is 1.28. The maximum absolute atomic E-state index is 11.5. The number of nitro groups is 1. The molecule has 1 fully saturated rings. The zero-order valence-electron chi connectivity index (χ0n) is 14.8. The molecule has 140 valence electrons. The Kier molecular flexibility index (Phi) is 5.60. The zero-order chi connectivity index (χ0) is 19.2. The first-order valence-electron chi connectivity index (χ1n) is 8.40. The summed E-state index contributed by atoms with van der Waals surface area (Å²) in [4.78, 5) is 34.8. The van der Waals surface area contributed by atoms with Crippen LogP contribution in [-0.4, -0.2) is 54.1 Å². The van der Waals surface area contributed by atoms with Crippen LogP contribution in [0.5, 0.6) is 0 Å². The van der Waals surface area contributed by atoms with E-state index in [-0.39, 0.29) is 5.69 Å². The number of anilines is 2. The number of nitrogens with zero attached hydrogens (tertiary/aromatic N) is 5. The van der Waals surface area contributed by atoms with E-state index < -0.39 is 10.9 Å². The number of rotatable bonds is 5. The van der Waals surface area contributed by atoms with Gasteiger partial charge in [0.15, 0.2) is 0 Å². The Hall–Kier alpha value is -3.49. The maximum Gasteiger partial charge on any atom is 0.330 e. The van der Waals surface area contributed by atoms with Gasteiger partial charge in [-0.1, -0.05) is 6.07 Å². The third kappa shape index (κ3) is 4.38. The number of carbonyl (C=O) groups is 1. The third-order valence-electron chi connectivity index (χ3n) is 4.26. The largest absolute Gasteiger partial charge is 0.466 e. The van der Waals surface area contributed by atoms with Crippen molar-refractivity contribution in [1.82, 2.24) is 9.97 Å². The number of methoxy groups -OCH3 is 1. The van der Waals surface area contributed by atoms with Crippen molar-refractivity contribution in [2.45, 2.75) is 0 Å². The molecular weight excluding hydrogens is 350 g/mol. The number of aromatic nitrogens is 2. The van der Waals surface area contributed by atoms with E-state index >= 15 is 0 Å². The lowest BCUT2D eigenvalue weighted by Gasteiger charge is -2.35. The highest BCUT2D eigenvalue weighted by atomic mass is 16.6. The van der Waals surface area contributed by atoms with Gasteiger partial charge in [-0.05, 0) is 23.8 Å². The Morgan fingerprint density at radius 2 is 1.85 bits per heavy atom. The van der Waals surface area contributed by atoms with Crippen molar-refractivity contribution >= 4 is 29.4 Å². The van der Waals surface area contributed by atoms with E-state index in [0.29, 0.717) is 43.4 Å². The van der Waals surface area contributed by atoms with Crippen molar-refractivity contribution in [3.05, 3.63) is 58.4 Å². The highest BCUT2D eigenvalue weighted by molar-refractivity contribution is 5.87. The molecule has 27 heavy (non-hydrogen) atoms. The Morgan fingerprint density at radius 1 is 1.19 bits per heavy atom. The topological polar surface area (TPSA) is 102 Å². The van der Waals surface area contributed by atoms with Crippen LogP contribution in [0.1, 0.15) is 5.56 Å². The monoisotopic (exact) mass is 369 g/mol. The van der Waals surface area contributed by atoms with Crippen molar-refractivity contribution in [2.75, 3.05) is 43.1 Å². The summed E-state index contributed by atoms with van der Waals surface area (Å²) >= 11 is 0. The second-order valence-corrected chi connectivity index (χ2v) is 5.88. The van der Waals surface area contributed by atoms with Crippen LogP contribution in [0.4, 0.5) is 17.3 Å². The van der Waals surface area contributed by atoms with Crippen LogP contribution < -0.4 is 9.80 Å². The number of nitro benzene ring substituents is 1. The van der Waals surface area contributed by atoms with Crippen LogP contribution in [0.25, 0.3) is 6.08 Å². The van der Waals surface area contributed by atoms with Crippen LogP contribution in [-0.2, 0) is 9.53 Å². The van der Waals surface area contributed by atoms with Gasteiger partial charge in [0.2, 0.25) is 5.95 Å². The van der Waals surface area contributed by atoms with E-state index in [2.05, 4.69) is 19.6 Å². The molecule has 0 saturated carbocycles. The van der Waals surface area contributed by atoms with Crippen LogP contribution in [0, 0.1) is 10.1 Å². The predicted molar refractivity (Wildman–Crippen MR) is 101 cm³/mol. The SMILES string of the molecule is COC(=O)/C=C/c1ccc(N2CCN(c3ncccn3)CC2)c([N+](=O)[O-])c1. The summed E-state index contributed by atoms with van der Waals surface area (Å²) in [6, 6.07) is 6.68. The molecule has 0 aliphatic carbocycles. The molecule has 3 rings (SSSR count). The molecule has 9 heteroatoms. The molecule has 1 saturated heterocycles. The minimum Gasteiger partial charge on any atom is -0.466 e. The Bertz CT molecular complexity index is 848. The fraction of sp³-hybridized carbons (Fsp3) is 0.278. The summed E-state index contributed by atoms with van der Waals surface area (Å²) in [5.41, 5.74) is 1.13. The van der Waals surface area contributed by atoms with Crippen molar-refractivity contribution < 1.29 is 14.5 Å². The average molecular weight is 369 g/mol. The van der Waals surface area contributed by atoms with Crippen LogP contribution >= 0.6 is 0 Å². The van der Waals surface area contributed by atoms with Gasteiger partial charge < -0.3 is 14.5 Å². The number of benzene rings is 1. The highest BCUT2D eigenvalue weighted by Gasteiger charge is 2.24. The van der Waals surface area contributed by atoms with Gasteiger partial charge in [0, 0.05) is 50.7 Å². The summed E-state index contributed by atoms with van der Waals surface area (Å²) in [6.45, 7) is 2.59. The molecule has 0 bridgehead atoms. The van der Waals surface area contributed by atoms with Gasteiger partial charge in [-0.3, -0.25) is 10.1 Å².